The first-order valence-electron chi connectivity index (χ1n) is 9.91. The number of pyridine rings is 1. The Labute approximate surface area is 184 Å². The molecule has 1 saturated heterocycles. The molecule has 11 heteroatoms. The van der Waals surface area contributed by atoms with Crippen molar-refractivity contribution in [1.82, 2.24) is 24.0 Å². The molecule has 1 aliphatic rings. The molecule has 0 spiro atoms. The van der Waals surface area contributed by atoms with Gasteiger partial charge in [-0.05, 0) is 50.2 Å². The standard InChI is InChI=1S/C21H21F2N5O3S/c1-14-11-15(2)28(25-14)20-6-3-16(13-24-20)21(29)26-7-9-27(10-8-26)32(30,31)17-4-5-18(22)19(23)12-17/h3-6,11-13H,7-10H2,1-2H3. The molecule has 0 aliphatic carbocycles. The van der Waals surface area contributed by atoms with Crippen LogP contribution in [0.4, 0.5) is 8.78 Å². The molecule has 0 bridgehead atoms. The number of halogens is 2. The van der Waals surface area contributed by atoms with Crippen LogP contribution < -0.4 is 0 Å². The van der Waals surface area contributed by atoms with E-state index in [1.54, 1.807) is 16.8 Å². The van der Waals surface area contributed by atoms with E-state index in [1.807, 2.05) is 19.9 Å². The predicted octanol–water partition coefficient (Wildman–Crippen LogP) is 2.31. The third-order valence-electron chi connectivity index (χ3n) is 5.28. The Hall–Kier alpha value is -3.18. The first-order valence-corrected chi connectivity index (χ1v) is 11.3. The minimum atomic E-state index is -3.99. The zero-order valence-electron chi connectivity index (χ0n) is 17.5. The summed E-state index contributed by atoms with van der Waals surface area (Å²) < 4.78 is 54.9. The predicted molar refractivity (Wildman–Crippen MR) is 112 cm³/mol. The van der Waals surface area contributed by atoms with Crippen LogP contribution >= 0.6 is 0 Å². The van der Waals surface area contributed by atoms with Crippen LogP contribution in [0.3, 0.4) is 0 Å². The summed E-state index contributed by atoms with van der Waals surface area (Å²) in [5.74, 6) is -2.01. The van der Waals surface area contributed by atoms with Crippen LogP contribution in [-0.4, -0.2) is 64.5 Å². The van der Waals surface area contributed by atoms with Gasteiger partial charge in [-0.15, -0.1) is 0 Å². The Kier molecular flexibility index (Phi) is 5.78. The van der Waals surface area contributed by atoms with Crippen LogP contribution in [0, 0.1) is 25.5 Å². The number of piperazine rings is 1. The SMILES string of the molecule is Cc1cc(C)n(-c2ccc(C(=O)N3CCN(S(=O)(=O)c4ccc(F)c(F)c4)CC3)cn2)n1. The maximum Gasteiger partial charge on any atom is 0.255 e. The van der Waals surface area contributed by atoms with E-state index < -0.39 is 21.7 Å². The maximum absolute atomic E-state index is 13.5. The molecule has 168 valence electrons. The molecular weight excluding hydrogens is 440 g/mol. The second-order valence-corrected chi connectivity index (χ2v) is 9.45. The highest BCUT2D eigenvalue weighted by Crippen LogP contribution is 2.21. The number of benzene rings is 1. The lowest BCUT2D eigenvalue weighted by atomic mass is 10.2. The van der Waals surface area contributed by atoms with Crippen molar-refractivity contribution in [1.29, 1.82) is 0 Å². The molecule has 1 aromatic carbocycles. The Bertz CT molecular complexity index is 1270. The number of carbonyl (C=O) groups is 1. The lowest BCUT2D eigenvalue weighted by Gasteiger charge is -2.34. The van der Waals surface area contributed by atoms with Crippen LogP contribution in [0.25, 0.3) is 5.82 Å². The third-order valence-corrected chi connectivity index (χ3v) is 7.17. The summed E-state index contributed by atoms with van der Waals surface area (Å²) in [5.41, 5.74) is 2.17. The van der Waals surface area contributed by atoms with E-state index in [0.717, 1.165) is 27.8 Å². The van der Waals surface area contributed by atoms with Gasteiger partial charge in [-0.3, -0.25) is 4.79 Å². The average molecular weight is 461 g/mol. The number of hydrogen-bond acceptors (Lipinski definition) is 5. The quantitative estimate of drug-likeness (QED) is 0.595. The van der Waals surface area contributed by atoms with Crippen molar-refractivity contribution in [3.05, 3.63) is 71.2 Å². The van der Waals surface area contributed by atoms with Crippen LogP contribution in [-0.2, 0) is 10.0 Å². The summed E-state index contributed by atoms with van der Waals surface area (Å²) >= 11 is 0. The lowest BCUT2D eigenvalue weighted by molar-refractivity contribution is 0.0697. The highest BCUT2D eigenvalue weighted by molar-refractivity contribution is 7.89. The molecule has 1 aliphatic heterocycles. The summed E-state index contributed by atoms with van der Waals surface area (Å²) in [7, 11) is -3.99. The number of nitrogens with zero attached hydrogens (tertiary/aromatic N) is 5. The van der Waals surface area contributed by atoms with E-state index in [1.165, 1.54) is 11.1 Å². The topological polar surface area (TPSA) is 88.4 Å². The van der Waals surface area contributed by atoms with Crippen LogP contribution in [0.15, 0.2) is 47.5 Å². The second-order valence-electron chi connectivity index (χ2n) is 7.52. The number of aromatic nitrogens is 3. The fourth-order valence-electron chi connectivity index (χ4n) is 3.60. The van der Waals surface area contributed by atoms with Gasteiger partial charge < -0.3 is 4.90 Å². The van der Waals surface area contributed by atoms with Crippen molar-refractivity contribution in [2.75, 3.05) is 26.2 Å². The van der Waals surface area contributed by atoms with Crippen molar-refractivity contribution >= 4 is 15.9 Å². The van der Waals surface area contributed by atoms with E-state index in [-0.39, 0.29) is 37.0 Å². The Balaban J connectivity index is 1.43. The summed E-state index contributed by atoms with van der Waals surface area (Å²) in [6.07, 6.45) is 1.47. The molecule has 0 N–H and O–H groups in total. The van der Waals surface area contributed by atoms with Crippen LogP contribution in [0.1, 0.15) is 21.7 Å². The van der Waals surface area contributed by atoms with Gasteiger partial charge in [0.25, 0.3) is 5.91 Å². The maximum atomic E-state index is 13.5. The average Bonchev–Trinajstić information content (AvgIpc) is 3.13. The Morgan fingerprint density at radius 1 is 0.969 bits per heavy atom. The third kappa shape index (κ3) is 4.13. The number of hydrogen-bond donors (Lipinski definition) is 0. The first-order chi connectivity index (χ1) is 15.2. The number of rotatable bonds is 4. The zero-order chi connectivity index (χ0) is 23.0. The number of carbonyl (C=O) groups excluding carboxylic acids is 1. The Morgan fingerprint density at radius 3 is 2.25 bits per heavy atom. The molecular formula is C21H21F2N5O3S. The molecule has 0 radical (unpaired) electrons. The minimum absolute atomic E-state index is 0.0460. The molecule has 2 aromatic heterocycles. The fraction of sp³-hybridized carbons (Fsp3) is 0.286. The molecule has 0 atom stereocenters. The van der Waals surface area contributed by atoms with Crippen molar-refractivity contribution in [3.8, 4) is 5.82 Å². The van der Waals surface area contributed by atoms with Crippen LogP contribution in [0.2, 0.25) is 0 Å². The largest absolute Gasteiger partial charge is 0.336 e. The van der Waals surface area contributed by atoms with Crippen molar-refractivity contribution in [2.45, 2.75) is 18.7 Å². The number of amides is 1. The van der Waals surface area contributed by atoms with Gasteiger partial charge in [0, 0.05) is 38.1 Å². The van der Waals surface area contributed by atoms with Gasteiger partial charge in [0.05, 0.1) is 16.2 Å². The van der Waals surface area contributed by atoms with Crippen molar-refractivity contribution in [2.24, 2.45) is 0 Å². The summed E-state index contributed by atoms with van der Waals surface area (Å²) in [5, 5.41) is 4.36. The van der Waals surface area contributed by atoms with Gasteiger partial charge in [-0.2, -0.15) is 9.40 Å². The molecule has 8 nitrogen and oxygen atoms in total. The molecule has 4 rings (SSSR count). The number of aryl methyl sites for hydroxylation is 2. The second kappa shape index (κ2) is 8.40. The fourth-order valence-corrected chi connectivity index (χ4v) is 5.03. The van der Waals surface area contributed by atoms with Gasteiger partial charge in [0.15, 0.2) is 17.5 Å². The normalized spacial score (nSPS) is 15.2. The highest BCUT2D eigenvalue weighted by atomic mass is 32.2. The van der Waals surface area contributed by atoms with Crippen molar-refractivity contribution < 1.29 is 22.0 Å². The van der Waals surface area contributed by atoms with E-state index in [4.69, 9.17) is 0 Å². The van der Waals surface area contributed by atoms with E-state index >= 15 is 0 Å². The molecule has 3 heterocycles. The van der Waals surface area contributed by atoms with E-state index in [2.05, 4.69) is 10.1 Å². The smallest absolute Gasteiger partial charge is 0.255 e. The Morgan fingerprint density at radius 2 is 1.69 bits per heavy atom. The molecule has 3 aromatic rings. The summed E-state index contributed by atoms with van der Waals surface area (Å²) in [4.78, 5) is 18.4. The first kappa shape index (κ1) is 22.0. The number of sulfonamides is 1. The summed E-state index contributed by atoms with van der Waals surface area (Å²) in [6, 6.07) is 7.76. The lowest BCUT2D eigenvalue weighted by Crippen LogP contribution is -2.50. The zero-order valence-corrected chi connectivity index (χ0v) is 18.3. The van der Waals surface area contributed by atoms with Gasteiger partial charge in [0.1, 0.15) is 0 Å². The van der Waals surface area contributed by atoms with E-state index in [0.29, 0.717) is 17.4 Å². The van der Waals surface area contributed by atoms with E-state index in [9.17, 15) is 22.0 Å². The van der Waals surface area contributed by atoms with Gasteiger partial charge in [0.2, 0.25) is 10.0 Å². The van der Waals surface area contributed by atoms with Crippen molar-refractivity contribution in [3.63, 3.8) is 0 Å². The minimum Gasteiger partial charge on any atom is -0.336 e. The van der Waals surface area contributed by atoms with Gasteiger partial charge in [-0.1, -0.05) is 0 Å². The van der Waals surface area contributed by atoms with Gasteiger partial charge >= 0.3 is 0 Å². The van der Waals surface area contributed by atoms with Gasteiger partial charge in [-0.25, -0.2) is 26.9 Å². The molecule has 1 fully saturated rings. The molecule has 0 saturated carbocycles. The monoisotopic (exact) mass is 461 g/mol. The molecule has 1 amide bonds. The summed E-state index contributed by atoms with van der Waals surface area (Å²) in [6.45, 7) is 4.22. The highest BCUT2D eigenvalue weighted by Gasteiger charge is 2.31. The van der Waals surface area contributed by atoms with Crippen LogP contribution in [0.5, 0.6) is 0 Å². The molecule has 32 heavy (non-hydrogen) atoms. The molecule has 0 unspecified atom stereocenters.